The highest BCUT2D eigenvalue weighted by Crippen LogP contribution is 2.45. The topological polar surface area (TPSA) is 89.0 Å². The smallest absolute Gasteiger partial charge is 0.226 e. The molecule has 0 saturated heterocycles. The minimum Gasteiger partial charge on any atom is -0.444 e. The number of anilines is 1. The summed E-state index contributed by atoms with van der Waals surface area (Å²) >= 11 is 0. The van der Waals surface area contributed by atoms with Crippen molar-refractivity contribution in [1.29, 1.82) is 0 Å². The number of oxazole rings is 1. The van der Waals surface area contributed by atoms with Gasteiger partial charge in [-0.3, -0.25) is 9.67 Å². The van der Waals surface area contributed by atoms with E-state index in [9.17, 15) is 5.11 Å². The maximum Gasteiger partial charge on any atom is 0.226 e. The summed E-state index contributed by atoms with van der Waals surface area (Å²) < 4.78 is 7.81. The van der Waals surface area contributed by atoms with Crippen LogP contribution in [0, 0.1) is 6.92 Å². The molecule has 4 aromatic rings. The van der Waals surface area contributed by atoms with Crippen LogP contribution in [-0.2, 0) is 0 Å². The molecule has 0 spiro atoms. The third-order valence-corrected chi connectivity index (χ3v) is 6.75. The summed E-state index contributed by atoms with van der Waals surface area (Å²) in [4.78, 5) is 8.64. The highest BCUT2D eigenvalue weighted by Gasteiger charge is 2.28. The minimum atomic E-state index is -0.963. The van der Waals surface area contributed by atoms with Crippen LogP contribution in [0.3, 0.4) is 0 Å². The molecule has 2 aliphatic carbocycles. The molecule has 0 radical (unpaired) electrons. The lowest BCUT2D eigenvalue weighted by Crippen LogP contribution is -2.11. The number of fused-ring (bicyclic) bond motifs is 1. The Kier molecular flexibility index (Phi) is 4.72. The lowest BCUT2D eigenvalue weighted by molar-refractivity contribution is 0.203. The molecule has 3 heterocycles. The summed E-state index contributed by atoms with van der Waals surface area (Å²) in [6, 6.07) is 6.70. The van der Waals surface area contributed by atoms with Gasteiger partial charge in [0.05, 0.1) is 11.6 Å². The standard InChI is InChI=1S/C25H27N5O2/c1-15-12-26-9-8-19(15)25-28-23(14-32-25)24(31)27-22-10-17-13-30(18-4-2-3-5-18)29-21(17)11-20(22)16-6-7-16/h8-14,16,18,24,27,31H,2-7H2,1H3. The molecule has 1 unspecified atom stereocenters. The van der Waals surface area contributed by atoms with E-state index in [1.807, 2.05) is 13.0 Å². The van der Waals surface area contributed by atoms with Crippen LogP contribution in [0.5, 0.6) is 0 Å². The minimum absolute atomic E-state index is 0.458. The Morgan fingerprint density at radius 1 is 1.19 bits per heavy atom. The Hall–Kier alpha value is -3.19. The van der Waals surface area contributed by atoms with Gasteiger partial charge in [-0.15, -0.1) is 0 Å². The van der Waals surface area contributed by atoms with E-state index in [1.54, 1.807) is 12.4 Å². The van der Waals surface area contributed by atoms with Gasteiger partial charge in [0.2, 0.25) is 5.89 Å². The van der Waals surface area contributed by atoms with Crippen molar-refractivity contribution >= 4 is 16.6 Å². The predicted octanol–water partition coefficient (Wildman–Crippen LogP) is 5.49. The lowest BCUT2D eigenvalue weighted by atomic mass is 10.1. The predicted molar refractivity (Wildman–Crippen MR) is 122 cm³/mol. The van der Waals surface area contributed by atoms with Gasteiger partial charge in [-0.05, 0) is 67.9 Å². The fourth-order valence-corrected chi connectivity index (χ4v) is 4.79. The molecule has 2 fully saturated rings. The summed E-state index contributed by atoms with van der Waals surface area (Å²) in [5.41, 5.74) is 5.52. The van der Waals surface area contributed by atoms with Crippen LogP contribution in [0.15, 0.2) is 47.5 Å². The summed E-state index contributed by atoms with van der Waals surface area (Å²) in [5.74, 6) is 1.01. The van der Waals surface area contributed by atoms with E-state index in [-0.39, 0.29) is 0 Å². The van der Waals surface area contributed by atoms with Crippen LogP contribution < -0.4 is 5.32 Å². The molecule has 3 aromatic heterocycles. The number of nitrogens with zero attached hydrogens (tertiary/aromatic N) is 4. The molecule has 32 heavy (non-hydrogen) atoms. The monoisotopic (exact) mass is 429 g/mol. The Morgan fingerprint density at radius 2 is 2.03 bits per heavy atom. The second kappa shape index (κ2) is 7.74. The largest absolute Gasteiger partial charge is 0.444 e. The number of hydrogen-bond donors (Lipinski definition) is 2. The van der Waals surface area contributed by atoms with E-state index in [4.69, 9.17) is 9.52 Å². The Bertz CT molecular complexity index is 1270. The van der Waals surface area contributed by atoms with Gasteiger partial charge in [0.1, 0.15) is 12.0 Å². The molecule has 0 aliphatic heterocycles. The molecule has 164 valence electrons. The molecule has 1 aromatic carbocycles. The van der Waals surface area contributed by atoms with Crippen LogP contribution in [-0.4, -0.2) is 24.9 Å². The summed E-state index contributed by atoms with van der Waals surface area (Å²) in [7, 11) is 0. The molecule has 6 rings (SSSR count). The summed E-state index contributed by atoms with van der Waals surface area (Å²) in [5, 5.41) is 20.2. The van der Waals surface area contributed by atoms with Crippen molar-refractivity contribution in [3.8, 4) is 11.5 Å². The zero-order valence-corrected chi connectivity index (χ0v) is 18.2. The SMILES string of the molecule is Cc1cnccc1-c1nc(C(O)Nc2cc3cn(C4CCCC4)nc3cc2C2CC2)co1. The number of aliphatic hydroxyl groups is 1. The van der Waals surface area contributed by atoms with Gasteiger partial charge in [0.15, 0.2) is 6.23 Å². The van der Waals surface area contributed by atoms with Gasteiger partial charge in [-0.1, -0.05) is 12.8 Å². The van der Waals surface area contributed by atoms with E-state index < -0.39 is 6.23 Å². The molecular weight excluding hydrogens is 402 g/mol. The Labute approximate surface area is 186 Å². The Morgan fingerprint density at radius 3 is 2.81 bits per heavy atom. The molecule has 1 atom stereocenters. The Balaban J connectivity index is 1.29. The van der Waals surface area contributed by atoms with Gasteiger partial charge >= 0.3 is 0 Å². The normalized spacial score (nSPS) is 17.8. The first kappa shape index (κ1) is 19.5. The van der Waals surface area contributed by atoms with Gasteiger partial charge in [-0.25, -0.2) is 4.98 Å². The first-order valence-corrected chi connectivity index (χ1v) is 11.5. The summed E-state index contributed by atoms with van der Waals surface area (Å²) in [6.45, 7) is 1.96. The molecule has 2 N–H and O–H groups in total. The number of aliphatic hydroxyl groups excluding tert-OH is 1. The molecule has 2 saturated carbocycles. The van der Waals surface area contributed by atoms with E-state index in [0.29, 0.717) is 23.5 Å². The molecule has 2 aliphatic rings. The zero-order valence-electron chi connectivity index (χ0n) is 18.2. The highest BCUT2D eigenvalue weighted by molar-refractivity contribution is 5.84. The second-order valence-corrected chi connectivity index (χ2v) is 9.13. The molecule has 7 nitrogen and oxygen atoms in total. The lowest BCUT2D eigenvalue weighted by Gasteiger charge is -2.15. The van der Waals surface area contributed by atoms with Crippen LogP contribution in [0.25, 0.3) is 22.4 Å². The van der Waals surface area contributed by atoms with Gasteiger partial charge in [0.25, 0.3) is 0 Å². The van der Waals surface area contributed by atoms with E-state index >= 15 is 0 Å². The average Bonchev–Trinajstić information content (AvgIpc) is 3.20. The van der Waals surface area contributed by atoms with E-state index in [0.717, 1.165) is 27.7 Å². The summed E-state index contributed by atoms with van der Waals surface area (Å²) in [6.07, 6.45) is 13.5. The third kappa shape index (κ3) is 3.56. The van der Waals surface area contributed by atoms with Crippen molar-refractivity contribution < 1.29 is 9.52 Å². The van der Waals surface area contributed by atoms with Crippen molar-refractivity contribution in [3.05, 3.63) is 59.9 Å². The third-order valence-electron chi connectivity index (χ3n) is 6.75. The highest BCUT2D eigenvalue weighted by atomic mass is 16.3. The number of nitrogens with one attached hydrogen (secondary N) is 1. The number of benzene rings is 1. The number of aromatic nitrogens is 4. The van der Waals surface area contributed by atoms with Crippen LogP contribution in [0.2, 0.25) is 0 Å². The van der Waals surface area contributed by atoms with Crippen molar-refractivity contribution in [2.24, 2.45) is 0 Å². The van der Waals surface area contributed by atoms with Gasteiger partial charge in [-0.2, -0.15) is 5.10 Å². The molecule has 7 heteroatoms. The van der Waals surface area contributed by atoms with Crippen LogP contribution in [0.4, 0.5) is 5.69 Å². The average molecular weight is 430 g/mol. The fourth-order valence-electron chi connectivity index (χ4n) is 4.79. The second-order valence-electron chi connectivity index (χ2n) is 9.13. The number of aryl methyl sites for hydroxylation is 1. The van der Waals surface area contributed by atoms with Crippen molar-refractivity contribution in [3.63, 3.8) is 0 Å². The molecule has 0 amide bonds. The van der Waals surface area contributed by atoms with Crippen molar-refractivity contribution in [2.75, 3.05) is 5.32 Å². The van der Waals surface area contributed by atoms with Crippen molar-refractivity contribution in [2.45, 2.75) is 63.6 Å². The molecule has 0 bridgehead atoms. The molecular formula is C25H27N5O2. The number of hydrogen-bond acceptors (Lipinski definition) is 6. The number of pyridine rings is 1. The van der Waals surface area contributed by atoms with Crippen molar-refractivity contribution in [1.82, 2.24) is 19.7 Å². The van der Waals surface area contributed by atoms with Gasteiger partial charge in [0, 0.05) is 35.2 Å². The van der Waals surface area contributed by atoms with E-state index in [1.165, 1.54) is 50.4 Å². The first-order valence-electron chi connectivity index (χ1n) is 11.5. The quantitative estimate of drug-likeness (QED) is 0.394. The number of rotatable bonds is 6. The maximum atomic E-state index is 10.9. The first-order chi connectivity index (χ1) is 15.7. The zero-order chi connectivity index (χ0) is 21.7. The maximum absolute atomic E-state index is 10.9. The van der Waals surface area contributed by atoms with Crippen LogP contribution in [0.1, 0.15) is 73.5 Å². The fraction of sp³-hybridized carbons (Fsp3) is 0.400. The van der Waals surface area contributed by atoms with Crippen LogP contribution >= 0.6 is 0 Å². The van der Waals surface area contributed by atoms with Gasteiger partial charge < -0.3 is 14.8 Å². The van der Waals surface area contributed by atoms with E-state index in [2.05, 4.69) is 38.3 Å².